The van der Waals surface area contributed by atoms with Crippen molar-refractivity contribution in [3.63, 3.8) is 0 Å². The summed E-state index contributed by atoms with van der Waals surface area (Å²) in [6.45, 7) is 6.72. The molecule has 73 heavy (non-hydrogen) atoms. The van der Waals surface area contributed by atoms with Crippen LogP contribution in [-0.4, -0.2) is 91.1 Å². The van der Waals surface area contributed by atoms with Crippen molar-refractivity contribution in [3.8, 4) is 17.6 Å². The molecule has 5 aliphatic heterocycles. The molecule has 3 saturated heterocycles. The second-order valence-electron chi connectivity index (χ2n) is 21.0. The summed E-state index contributed by atoms with van der Waals surface area (Å²) in [5, 5.41) is 11.6. The summed E-state index contributed by atoms with van der Waals surface area (Å²) in [5.41, 5.74) is -0.131. The minimum atomic E-state index is -4.72. The fourth-order valence-corrected chi connectivity index (χ4v) is 13.4. The largest absolute Gasteiger partial charge is 0.495 e. The number of amides is 4. The molecular formula is C52H53Cl2F4N7O7S. The molecule has 6 aliphatic rings. The maximum Gasteiger partial charge on any atom is 0.433 e. The molecule has 4 amide bonds. The lowest BCUT2D eigenvalue weighted by Gasteiger charge is -2.39. The van der Waals surface area contributed by atoms with Crippen molar-refractivity contribution in [2.24, 2.45) is 16.7 Å². The smallest absolute Gasteiger partial charge is 0.433 e. The molecular weight excluding hydrogens is 1010 g/mol. The number of anilines is 2. The second kappa shape index (κ2) is 18.9. The molecule has 4 fully saturated rings. The standard InChI is InChI=1S/C52H52ClF4N7O7S.ClH/c1-49(2,3)24-41-51(27-59-37-22-40(52(55,56)57)58-25-34(37)51)43(32-9-6-10-35(53)44(32)54)45(61-41)47(67)60-36-14-13-30(21-39(36)71-4)72(69,70)63-19-17-50(18-20-63)23-29(50)12-11-28-7-5-8-31-33(28)26-64(48(31)68)38-15-16-42(65)62-46(38)66;/h5-10,13-14,21-22,25,29,38,41,43,45,59,61H,15-20,23-24,26-27H2,1-4H3,(H,60,67)(H,62,65,66);1H/t29-,38-,41-,43-,45+,51-;/m0./s1. The number of aromatic nitrogens is 1. The second-order valence-corrected chi connectivity index (χ2v) is 23.3. The van der Waals surface area contributed by atoms with E-state index in [2.05, 4.69) is 38.1 Å². The summed E-state index contributed by atoms with van der Waals surface area (Å²) in [7, 11) is -2.71. The zero-order chi connectivity index (χ0) is 51.3. The van der Waals surface area contributed by atoms with Gasteiger partial charge in [0.2, 0.25) is 27.7 Å². The van der Waals surface area contributed by atoms with Crippen molar-refractivity contribution in [1.82, 2.24) is 24.8 Å². The van der Waals surface area contributed by atoms with E-state index < -0.39 is 69.0 Å². The molecule has 4 aromatic rings. The highest BCUT2D eigenvalue weighted by molar-refractivity contribution is 7.89. The molecule has 1 aromatic heterocycles. The minimum Gasteiger partial charge on any atom is -0.495 e. The lowest BCUT2D eigenvalue weighted by Crippen LogP contribution is -2.52. The quantitative estimate of drug-likeness (QED) is 0.0774. The Bertz CT molecular complexity index is 3130. The number of benzene rings is 3. The van der Waals surface area contributed by atoms with Crippen LogP contribution < -0.4 is 26.0 Å². The van der Waals surface area contributed by atoms with E-state index in [0.29, 0.717) is 36.0 Å². The number of hydrogen-bond donors (Lipinski definition) is 4. The first-order valence-electron chi connectivity index (χ1n) is 23.8. The number of piperidine rings is 2. The van der Waals surface area contributed by atoms with E-state index in [9.17, 15) is 40.8 Å². The third kappa shape index (κ3) is 9.21. The molecule has 14 nitrogen and oxygen atoms in total. The number of carbonyl (C=O) groups is 4. The summed E-state index contributed by atoms with van der Waals surface area (Å²) in [5.74, 6) is 3.20. The Morgan fingerprint density at radius 2 is 1.78 bits per heavy atom. The molecule has 386 valence electrons. The monoisotopic (exact) mass is 1070 g/mol. The van der Waals surface area contributed by atoms with Gasteiger partial charge in [-0.2, -0.15) is 17.5 Å². The SMILES string of the molecule is COc1cc(S(=O)(=O)N2CCC3(CC2)C[C@@H]3C#Cc2cccc3c2CN([C@H]2CCC(=O)NC2=O)C3=O)ccc1NC(=O)[C@@H]1N[C@@H](CC(C)(C)C)[C@@]2(CNc3cc(C(F)(F)F)ncc32)[C@H]1c1cccc(Cl)c1F.Cl. The highest BCUT2D eigenvalue weighted by Crippen LogP contribution is 2.60. The Hall–Kier alpha value is -5.78. The number of pyridine rings is 1. The third-order valence-corrected chi connectivity index (χ3v) is 17.7. The van der Waals surface area contributed by atoms with Crippen LogP contribution in [0, 0.1) is 34.4 Å². The van der Waals surface area contributed by atoms with Crippen LogP contribution in [0.15, 0.2) is 71.8 Å². The van der Waals surface area contributed by atoms with Crippen molar-refractivity contribution in [1.29, 1.82) is 0 Å². The van der Waals surface area contributed by atoms with Gasteiger partial charge in [-0.25, -0.2) is 12.8 Å². The van der Waals surface area contributed by atoms with Gasteiger partial charge >= 0.3 is 6.18 Å². The number of alkyl halides is 3. The Kier molecular flexibility index (Phi) is 13.5. The molecule has 0 unspecified atom stereocenters. The normalized spacial score (nSPS) is 25.3. The molecule has 6 atom stereocenters. The Labute approximate surface area is 431 Å². The predicted molar refractivity (Wildman–Crippen MR) is 265 cm³/mol. The van der Waals surface area contributed by atoms with Gasteiger partial charge < -0.3 is 25.6 Å². The van der Waals surface area contributed by atoms with Gasteiger partial charge in [-0.1, -0.05) is 62.4 Å². The van der Waals surface area contributed by atoms with Crippen molar-refractivity contribution in [2.45, 2.75) is 106 Å². The van der Waals surface area contributed by atoms with Crippen LogP contribution >= 0.6 is 24.0 Å². The molecule has 0 radical (unpaired) electrons. The van der Waals surface area contributed by atoms with Crippen LogP contribution in [-0.2, 0) is 42.5 Å². The van der Waals surface area contributed by atoms with Crippen molar-refractivity contribution >= 4 is 69.0 Å². The average molecular weight is 1070 g/mol. The number of nitrogens with one attached hydrogen (secondary N) is 4. The highest BCUT2D eigenvalue weighted by atomic mass is 35.5. The first-order chi connectivity index (χ1) is 34.0. The number of fused-ring (bicyclic) bond motifs is 3. The molecule has 3 aromatic carbocycles. The van der Waals surface area contributed by atoms with E-state index in [4.69, 9.17) is 16.3 Å². The molecule has 2 spiro atoms. The topological polar surface area (TPSA) is 179 Å². The van der Waals surface area contributed by atoms with Crippen LogP contribution in [0.5, 0.6) is 5.75 Å². The molecule has 10 rings (SSSR count). The maximum absolute atomic E-state index is 16.3. The summed E-state index contributed by atoms with van der Waals surface area (Å²) in [4.78, 5) is 57.7. The van der Waals surface area contributed by atoms with Crippen LogP contribution in [0.1, 0.15) is 104 Å². The molecule has 0 bridgehead atoms. The summed E-state index contributed by atoms with van der Waals surface area (Å²) in [6.07, 6.45) is -0.782. The van der Waals surface area contributed by atoms with Crippen LogP contribution in [0.25, 0.3) is 0 Å². The number of ether oxygens (including phenoxy) is 1. The molecule has 1 aliphatic carbocycles. The molecule has 21 heteroatoms. The number of carbonyl (C=O) groups excluding carboxylic acids is 4. The number of nitrogens with zero attached hydrogens (tertiary/aromatic N) is 3. The average Bonchev–Trinajstić information content (AvgIpc) is 3.54. The fraction of sp³-hybridized carbons (Fsp3) is 0.442. The Balaban J connectivity index is 0.00000656. The number of hydrogen-bond acceptors (Lipinski definition) is 10. The predicted octanol–water partition coefficient (Wildman–Crippen LogP) is 7.79. The van der Waals surface area contributed by atoms with Crippen LogP contribution in [0.3, 0.4) is 0 Å². The van der Waals surface area contributed by atoms with E-state index in [1.807, 2.05) is 26.8 Å². The van der Waals surface area contributed by atoms with Crippen molar-refractivity contribution < 1.29 is 49.9 Å². The first-order valence-corrected chi connectivity index (χ1v) is 25.7. The number of methoxy groups -OCH3 is 1. The van der Waals surface area contributed by atoms with Crippen LogP contribution in [0.2, 0.25) is 5.02 Å². The van der Waals surface area contributed by atoms with Gasteiger partial charge in [-0.3, -0.25) is 29.5 Å². The third-order valence-electron chi connectivity index (χ3n) is 15.5. The van der Waals surface area contributed by atoms with Gasteiger partial charge in [0.25, 0.3) is 5.91 Å². The van der Waals surface area contributed by atoms with Gasteiger partial charge in [-0.15, -0.1) is 12.4 Å². The molecule has 6 heterocycles. The maximum atomic E-state index is 16.3. The van der Waals surface area contributed by atoms with Gasteiger partial charge in [0.05, 0.1) is 28.8 Å². The van der Waals surface area contributed by atoms with Gasteiger partial charge in [-0.05, 0) is 90.5 Å². The molecule has 1 saturated carbocycles. The van der Waals surface area contributed by atoms with E-state index in [-0.39, 0.29) is 113 Å². The first kappa shape index (κ1) is 52.1. The Morgan fingerprint density at radius 1 is 1.04 bits per heavy atom. The van der Waals surface area contributed by atoms with Gasteiger partial charge in [0, 0.05) is 90.5 Å². The van der Waals surface area contributed by atoms with E-state index in [1.165, 1.54) is 46.6 Å². The van der Waals surface area contributed by atoms with Crippen molar-refractivity contribution in [2.75, 3.05) is 37.4 Å². The van der Waals surface area contributed by atoms with Gasteiger partial charge in [0.15, 0.2) is 0 Å². The van der Waals surface area contributed by atoms with Crippen molar-refractivity contribution in [3.05, 3.63) is 111 Å². The lowest BCUT2D eigenvalue weighted by atomic mass is 9.63. The van der Waals surface area contributed by atoms with E-state index >= 15 is 4.39 Å². The van der Waals surface area contributed by atoms with Crippen LogP contribution in [0.4, 0.5) is 28.9 Å². The number of sulfonamides is 1. The minimum absolute atomic E-state index is 0. The number of rotatable bonds is 8. The zero-order valence-electron chi connectivity index (χ0n) is 40.2. The van der Waals surface area contributed by atoms with E-state index in [1.54, 1.807) is 18.2 Å². The fourth-order valence-electron chi connectivity index (χ4n) is 11.8. The van der Waals surface area contributed by atoms with E-state index in [0.717, 1.165) is 24.2 Å². The highest BCUT2D eigenvalue weighted by Gasteiger charge is 2.62. The number of halogens is 6. The summed E-state index contributed by atoms with van der Waals surface area (Å²) < 4.78 is 93.6. The summed E-state index contributed by atoms with van der Waals surface area (Å²) >= 11 is 6.36. The van der Waals surface area contributed by atoms with Gasteiger partial charge in [0.1, 0.15) is 23.3 Å². The zero-order valence-corrected chi connectivity index (χ0v) is 42.6. The molecule has 4 N–H and O–H groups in total. The Morgan fingerprint density at radius 3 is 2.48 bits per heavy atom. The lowest BCUT2D eigenvalue weighted by molar-refractivity contribution is -0.141. The summed E-state index contributed by atoms with van der Waals surface area (Å²) in [6, 6.07) is 12.3. The number of imide groups is 1.